The zero-order valence-corrected chi connectivity index (χ0v) is 18.1. The number of carbonyl (C=O) groups is 2. The number of nitrogens with one attached hydrogen (secondary N) is 1. The third-order valence-corrected chi connectivity index (χ3v) is 5.35. The van der Waals surface area contributed by atoms with Crippen LogP contribution in [0.25, 0.3) is 0 Å². The SMILES string of the molecule is Cc1ccccc1N(CC(=O)NCc1ccc(C(=O)N2CCOCC2)cc1)C(C)C. The van der Waals surface area contributed by atoms with Crippen molar-refractivity contribution in [3.8, 4) is 0 Å². The highest BCUT2D eigenvalue weighted by atomic mass is 16.5. The maximum atomic E-state index is 12.6. The fourth-order valence-electron chi connectivity index (χ4n) is 3.56. The van der Waals surface area contributed by atoms with Crippen LogP contribution in [0.2, 0.25) is 0 Å². The maximum Gasteiger partial charge on any atom is 0.254 e. The number of nitrogens with zero attached hydrogens (tertiary/aromatic N) is 2. The number of benzene rings is 2. The van der Waals surface area contributed by atoms with Gasteiger partial charge in [0.1, 0.15) is 0 Å². The maximum absolute atomic E-state index is 12.6. The van der Waals surface area contributed by atoms with Crippen LogP contribution in [-0.4, -0.2) is 55.6 Å². The molecule has 0 saturated carbocycles. The Balaban J connectivity index is 1.55. The number of hydrogen-bond donors (Lipinski definition) is 1. The van der Waals surface area contributed by atoms with Crippen LogP contribution < -0.4 is 10.2 Å². The van der Waals surface area contributed by atoms with Gasteiger partial charge in [-0.3, -0.25) is 9.59 Å². The monoisotopic (exact) mass is 409 g/mol. The van der Waals surface area contributed by atoms with Crippen LogP contribution in [0.15, 0.2) is 48.5 Å². The van der Waals surface area contributed by atoms with Crippen LogP contribution in [0.3, 0.4) is 0 Å². The Kier molecular flexibility index (Phi) is 7.46. The third kappa shape index (κ3) is 5.60. The van der Waals surface area contributed by atoms with Crippen molar-refractivity contribution in [3.05, 3.63) is 65.2 Å². The molecule has 1 fully saturated rings. The van der Waals surface area contributed by atoms with Crippen LogP contribution in [0.5, 0.6) is 0 Å². The first-order valence-electron chi connectivity index (χ1n) is 10.5. The van der Waals surface area contributed by atoms with E-state index in [1.807, 2.05) is 47.4 Å². The first-order chi connectivity index (χ1) is 14.5. The van der Waals surface area contributed by atoms with E-state index >= 15 is 0 Å². The summed E-state index contributed by atoms with van der Waals surface area (Å²) >= 11 is 0. The van der Waals surface area contributed by atoms with E-state index in [9.17, 15) is 9.59 Å². The summed E-state index contributed by atoms with van der Waals surface area (Å²) in [5, 5.41) is 2.99. The van der Waals surface area contributed by atoms with Crippen molar-refractivity contribution in [3.63, 3.8) is 0 Å². The minimum absolute atomic E-state index is 0.0274. The number of amides is 2. The smallest absolute Gasteiger partial charge is 0.254 e. The number of anilines is 1. The molecule has 0 aliphatic carbocycles. The molecule has 0 bridgehead atoms. The molecule has 2 aromatic carbocycles. The normalized spacial score (nSPS) is 13.9. The Morgan fingerprint density at radius 1 is 1.07 bits per heavy atom. The van der Waals surface area contributed by atoms with Crippen molar-refractivity contribution >= 4 is 17.5 Å². The molecule has 3 rings (SSSR count). The average Bonchev–Trinajstić information content (AvgIpc) is 2.77. The Bertz CT molecular complexity index is 858. The number of hydrogen-bond acceptors (Lipinski definition) is 4. The minimum atomic E-state index is -0.0274. The predicted octanol–water partition coefficient (Wildman–Crippen LogP) is 3.00. The molecular formula is C24H31N3O3. The van der Waals surface area contributed by atoms with Gasteiger partial charge in [0.15, 0.2) is 0 Å². The molecule has 1 aliphatic heterocycles. The lowest BCUT2D eigenvalue weighted by molar-refractivity contribution is -0.120. The van der Waals surface area contributed by atoms with Crippen LogP contribution >= 0.6 is 0 Å². The summed E-state index contributed by atoms with van der Waals surface area (Å²) < 4.78 is 5.30. The number of para-hydroxylation sites is 1. The molecule has 1 saturated heterocycles. The summed E-state index contributed by atoms with van der Waals surface area (Å²) in [5.41, 5.74) is 3.86. The minimum Gasteiger partial charge on any atom is -0.378 e. The summed E-state index contributed by atoms with van der Waals surface area (Å²) in [6.45, 7) is 9.40. The van der Waals surface area contributed by atoms with Crippen molar-refractivity contribution in [1.29, 1.82) is 0 Å². The van der Waals surface area contributed by atoms with Gasteiger partial charge in [0.2, 0.25) is 5.91 Å². The van der Waals surface area contributed by atoms with Crippen molar-refractivity contribution in [2.24, 2.45) is 0 Å². The molecule has 6 heteroatoms. The molecule has 2 aromatic rings. The standard InChI is InChI=1S/C24H31N3O3/c1-18(2)27(22-7-5-4-6-19(22)3)17-23(28)25-16-20-8-10-21(11-9-20)24(29)26-12-14-30-15-13-26/h4-11,18H,12-17H2,1-3H3,(H,25,28). The van der Waals surface area contributed by atoms with Crippen molar-refractivity contribution < 1.29 is 14.3 Å². The molecule has 0 aromatic heterocycles. The summed E-state index contributed by atoms with van der Waals surface area (Å²) in [7, 11) is 0. The lowest BCUT2D eigenvalue weighted by atomic mass is 10.1. The number of ether oxygens (including phenoxy) is 1. The highest BCUT2D eigenvalue weighted by molar-refractivity contribution is 5.94. The lowest BCUT2D eigenvalue weighted by Crippen LogP contribution is -2.41. The van der Waals surface area contributed by atoms with Crippen molar-refractivity contribution in [2.75, 3.05) is 37.7 Å². The lowest BCUT2D eigenvalue weighted by Gasteiger charge is -2.29. The molecular weight excluding hydrogens is 378 g/mol. The topological polar surface area (TPSA) is 61.9 Å². The van der Waals surface area contributed by atoms with E-state index in [2.05, 4.69) is 37.1 Å². The van der Waals surface area contributed by atoms with Crippen molar-refractivity contribution in [2.45, 2.75) is 33.4 Å². The van der Waals surface area contributed by atoms with Crippen LogP contribution in [0.4, 0.5) is 5.69 Å². The molecule has 2 amide bonds. The molecule has 1 aliphatic rings. The molecule has 0 unspecified atom stereocenters. The zero-order chi connectivity index (χ0) is 21.5. The number of aryl methyl sites for hydroxylation is 1. The van der Waals surface area contributed by atoms with E-state index in [4.69, 9.17) is 4.74 Å². The first kappa shape index (κ1) is 21.8. The second-order valence-corrected chi connectivity index (χ2v) is 7.89. The van der Waals surface area contributed by atoms with Gasteiger partial charge in [0.05, 0.1) is 19.8 Å². The Morgan fingerprint density at radius 3 is 2.37 bits per heavy atom. The van der Waals surface area contributed by atoms with E-state index in [1.54, 1.807) is 0 Å². The molecule has 0 spiro atoms. The fourth-order valence-corrected chi connectivity index (χ4v) is 3.56. The molecule has 0 radical (unpaired) electrons. The van der Waals surface area contributed by atoms with Gasteiger partial charge in [0.25, 0.3) is 5.91 Å². The van der Waals surface area contributed by atoms with Gasteiger partial charge in [-0.15, -0.1) is 0 Å². The Labute approximate surface area is 178 Å². The summed E-state index contributed by atoms with van der Waals surface area (Å²) in [6, 6.07) is 15.8. The second kappa shape index (κ2) is 10.3. The molecule has 1 heterocycles. The van der Waals surface area contributed by atoms with Gasteiger partial charge < -0.3 is 19.9 Å². The van der Waals surface area contributed by atoms with E-state index < -0.39 is 0 Å². The summed E-state index contributed by atoms with van der Waals surface area (Å²) in [5.74, 6) is 0.000106. The second-order valence-electron chi connectivity index (χ2n) is 7.89. The van der Waals surface area contributed by atoms with Gasteiger partial charge in [0, 0.05) is 36.9 Å². The van der Waals surface area contributed by atoms with Crippen LogP contribution in [-0.2, 0) is 16.1 Å². The van der Waals surface area contributed by atoms with Gasteiger partial charge in [-0.05, 0) is 50.1 Å². The fraction of sp³-hybridized carbons (Fsp3) is 0.417. The number of rotatable bonds is 7. The Morgan fingerprint density at radius 2 is 1.73 bits per heavy atom. The summed E-state index contributed by atoms with van der Waals surface area (Å²) in [6.07, 6.45) is 0. The quantitative estimate of drug-likeness (QED) is 0.764. The molecule has 160 valence electrons. The molecule has 6 nitrogen and oxygen atoms in total. The Hall–Kier alpha value is -2.86. The molecule has 1 N–H and O–H groups in total. The largest absolute Gasteiger partial charge is 0.378 e. The predicted molar refractivity (Wildman–Crippen MR) is 119 cm³/mol. The van der Waals surface area contributed by atoms with E-state index in [-0.39, 0.29) is 17.9 Å². The van der Waals surface area contributed by atoms with E-state index in [0.29, 0.717) is 45.0 Å². The van der Waals surface area contributed by atoms with Gasteiger partial charge >= 0.3 is 0 Å². The highest BCUT2D eigenvalue weighted by Crippen LogP contribution is 2.21. The zero-order valence-electron chi connectivity index (χ0n) is 18.1. The van der Waals surface area contributed by atoms with E-state index in [1.165, 1.54) is 0 Å². The average molecular weight is 410 g/mol. The number of carbonyl (C=O) groups excluding carboxylic acids is 2. The molecule has 0 atom stereocenters. The van der Waals surface area contributed by atoms with Crippen molar-refractivity contribution in [1.82, 2.24) is 10.2 Å². The van der Waals surface area contributed by atoms with Crippen LogP contribution in [0, 0.1) is 6.92 Å². The van der Waals surface area contributed by atoms with Crippen LogP contribution in [0.1, 0.15) is 35.3 Å². The van der Waals surface area contributed by atoms with Gasteiger partial charge in [-0.2, -0.15) is 0 Å². The highest BCUT2D eigenvalue weighted by Gasteiger charge is 2.19. The van der Waals surface area contributed by atoms with Gasteiger partial charge in [-0.1, -0.05) is 30.3 Å². The molecule has 30 heavy (non-hydrogen) atoms. The summed E-state index contributed by atoms with van der Waals surface area (Å²) in [4.78, 5) is 29.0. The third-order valence-electron chi connectivity index (χ3n) is 5.35. The first-order valence-corrected chi connectivity index (χ1v) is 10.5. The number of morpholine rings is 1. The van der Waals surface area contributed by atoms with Gasteiger partial charge in [-0.25, -0.2) is 0 Å². The van der Waals surface area contributed by atoms with E-state index in [0.717, 1.165) is 16.8 Å².